The SMILES string of the molecule is CCC(CC)N(CCOC)C(=O)Cc1csc(-c2ccccc2Cl)n1. The van der Waals surface area contributed by atoms with Crippen LogP contribution in [-0.2, 0) is 16.0 Å². The molecule has 1 aromatic heterocycles. The Bertz CT molecular complexity index is 686. The van der Waals surface area contributed by atoms with Crippen molar-refractivity contribution < 1.29 is 9.53 Å². The highest BCUT2D eigenvalue weighted by atomic mass is 35.5. The van der Waals surface area contributed by atoms with Crippen LogP contribution in [0.5, 0.6) is 0 Å². The van der Waals surface area contributed by atoms with Gasteiger partial charge in [-0.05, 0) is 18.9 Å². The normalized spacial score (nSPS) is 11.1. The lowest BCUT2D eigenvalue weighted by atomic mass is 10.1. The van der Waals surface area contributed by atoms with Gasteiger partial charge in [0.05, 0.1) is 23.7 Å². The lowest BCUT2D eigenvalue weighted by Crippen LogP contribution is -2.42. The molecule has 0 spiro atoms. The molecule has 136 valence electrons. The zero-order chi connectivity index (χ0) is 18.2. The zero-order valence-corrected chi connectivity index (χ0v) is 16.6. The molecule has 1 amide bonds. The molecule has 4 nitrogen and oxygen atoms in total. The third-order valence-corrected chi connectivity index (χ3v) is 5.48. The highest BCUT2D eigenvalue weighted by Crippen LogP contribution is 2.30. The summed E-state index contributed by atoms with van der Waals surface area (Å²) in [4.78, 5) is 19.3. The smallest absolute Gasteiger partial charge is 0.228 e. The van der Waals surface area contributed by atoms with Crippen LogP contribution < -0.4 is 0 Å². The Morgan fingerprint density at radius 2 is 2.04 bits per heavy atom. The summed E-state index contributed by atoms with van der Waals surface area (Å²) in [5.74, 6) is 0.0989. The van der Waals surface area contributed by atoms with E-state index in [1.54, 1.807) is 7.11 Å². The van der Waals surface area contributed by atoms with Gasteiger partial charge in [-0.2, -0.15) is 0 Å². The molecule has 1 heterocycles. The first-order valence-electron chi connectivity index (χ1n) is 8.58. The maximum absolute atomic E-state index is 12.8. The molecule has 0 aliphatic rings. The van der Waals surface area contributed by atoms with Gasteiger partial charge in [-0.15, -0.1) is 11.3 Å². The van der Waals surface area contributed by atoms with Crippen molar-refractivity contribution in [3.63, 3.8) is 0 Å². The van der Waals surface area contributed by atoms with E-state index < -0.39 is 0 Å². The molecule has 0 N–H and O–H groups in total. The molecule has 0 aliphatic heterocycles. The van der Waals surface area contributed by atoms with E-state index in [9.17, 15) is 4.79 Å². The molecule has 1 aromatic carbocycles. The van der Waals surface area contributed by atoms with Crippen molar-refractivity contribution in [2.45, 2.75) is 39.2 Å². The number of carbonyl (C=O) groups is 1. The van der Waals surface area contributed by atoms with Gasteiger partial charge in [0, 0.05) is 30.6 Å². The monoisotopic (exact) mass is 380 g/mol. The van der Waals surface area contributed by atoms with E-state index in [4.69, 9.17) is 16.3 Å². The van der Waals surface area contributed by atoms with Crippen molar-refractivity contribution in [3.05, 3.63) is 40.4 Å². The van der Waals surface area contributed by atoms with E-state index in [0.717, 1.165) is 29.1 Å². The van der Waals surface area contributed by atoms with Crippen LogP contribution in [0.4, 0.5) is 0 Å². The molecule has 0 atom stereocenters. The van der Waals surface area contributed by atoms with Crippen LogP contribution in [0.25, 0.3) is 10.6 Å². The van der Waals surface area contributed by atoms with Gasteiger partial charge in [0.15, 0.2) is 0 Å². The fraction of sp³-hybridized carbons (Fsp3) is 0.474. The van der Waals surface area contributed by atoms with Crippen LogP contribution in [0, 0.1) is 0 Å². The van der Waals surface area contributed by atoms with Gasteiger partial charge in [0.25, 0.3) is 0 Å². The molecule has 0 saturated heterocycles. The molecular formula is C19H25ClN2O2S. The van der Waals surface area contributed by atoms with Crippen LogP contribution in [0.2, 0.25) is 5.02 Å². The molecule has 0 unspecified atom stereocenters. The number of rotatable bonds is 9. The fourth-order valence-corrected chi connectivity index (χ4v) is 3.97. The first kappa shape index (κ1) is 19.9. The van der Waals surface area contributed by atoms with Crippen molar-refractivity contribution in [1.29, 1.82) is 0 Å². The molecule has 0 saturated carbocycles. The van der Waals surface area contributed by atoms with Crippen molar-refractivity contribution >= 4 is 28.8 Å². The number of amides is 1. The van der Waals surface area contributed by atoms with Crippen LogP contribution >= 0.6 is 22.9 Å². The zero-order valence-electron chi connectivity index (χ0n) is 15.0. The molecule has 0 bridgehead atoms. The number of hydrogen-bond donors (Lipinski definition) is 0. The molecule has 0 aliphatic carbocycles. The van der Waals surface area contributed by atoms with E-state index in [0.29, 0.717) is 24.6 Å². The predicted octanol–water partition coefficient (Wildman–Crippen LogP) is 4.67. The Balaban J connectivity index is 2.12. The van der Waals surface area contributed by atoms with Gasteiger partial charge in [0.1, 0.15) is 5.01 Å². The number of methoxy groups -OCH3 is 1. The second-order valence-corrected chi connectivity index (χ2v) is 7.12. The van der Waals surface area contributed by atoms with Gasteiger partial charge >= 0.3 is 0 Å². The summed E-state index contributed by atoms with van der Waals surface area (Å²) < 4.78 is 5.16. The third kappa shape index (κ3) is 5.27. The average molecular weight is 381 g/mol. The summed E-state index contributed by atoms with van der Waals surface area (Å²) in [6, 6.07) is 7.87. The quantitative estimate of drug-likeness (QED) is 0.634. The van der Waals surface area contributed by atoms with Crippen molar-refractivity contribution in [2.75, 3.05) is 20.3 Å². The van der Waals surface area contributed by atoms with Crippen LogP contribution in [0.3, 0.4) is 0 Å². The number of aromatic nitrogens is 1. The summed E-state index contributed by atoms with van der Waals surface area (Å²) in [7, 11) is 1.66. The standard InChI is InChI=1S/C19H25ClN2O2S/c1-4-15(5-2)22(10-11-24-3)18(23)12-14-13-25-19(21-14)16-8-6-7-9-17(16)20/h6-9,13,15H,4-5,10-12H2,1-3H3. The number of thiazole rings is 1. The van der Waals surface area contributed by atoms with Gasteiger partial charge in [-0.1, -0.05) is 43.6 Å². The summed E-state index contributed by atoms with van der Waals surface area (Å²) in [6.45, 7) is 5.38. The summed E-state index contributed by atoms with van der Waals surface area (Å²) in [5, 5.41) is 3.46. The minimum Gasteiger partial charge on any atom is -0.383 e. The molecule has 0 radical (unpaired) electrons. The molecule has 25 heavy (non-hydrogen) atoms. The Hall–Kier alpha value is -1.43. The number of halogens is 1. The first-order chi connectivity index (χ1) is 12.1. The predicted molar refractivity (Wildman–Crippen MR) is 104 cm³/mol. The van der Waals surface area contributed by atoms with E-state index in [2.05, 4.69) is 18.8 Å². The minimum absolute atomic E-state index is 0.0989. The number of carbonyl (C=O) groups excluding carboxylic acids is 1. The summed E-state index contributed by atoms with van der Waals surface area (Å²) in [5.41, 5.74) is 1.70. The second kappa shape index (κ2) is 9.90. The Morgan fingerprint density at radius 1 is 1.32 bits per heavy atom. The highest BCUT2D eigenvalue weighted by Gasteiger charge is 2.22. The number of nitrogens with zero attached hydrogens (tertiary/aromatic N) is 2. The van der Waals surface area contributed by atoms with Crippen LogP contribution in [0.1, 0.15) is 32.4 Å². The summed E-state index contributed by atoms with van der Waals surface area (Å²) in [6.07, 6.45) is 2.18. The minimum atomic E-state index is 0.0989. The fourth-order valence-electron chi connectivity index (χ4n) is 2.83. The van der Waals surface area contributed by atoms with E-state index in [1.807, 2.05) is 34.5 Å². The maximum atomic E-state index is 12.8. The van der Waals surface area contributed by atoms with E-state index in [-0.39, 0.29) is 11.9 Å². The highest BCUT2D eigenvalue weighted by molar-refractivity contribution is 7.13. The first-order valence-corrected chi connectivity index (χ1v) is 9.84. The number of benzene rings is 1. The molecule has 0 fully saturated rings. The largest absolute Gasteiger partial charge is 0.383 e. The Morgan fingerprint density at radius 3 is 2.68 bits per heavy atom. The van der Waals surface area contributed by atoms with Gasteiger partial charge in [-0.3, -0.25) is 4.79 Å². The third-order valence-electron chi connectivity index (χ3n) is 4.23. The lowest BCUT2D eigenvalue weighted by Gasteiger charge is -2.30. The Labute approximate surface area is 158 Å². The molecular weight excluding hydrogens is 356 g/mol. The lowest BCUT2D eigenvalue weighted by molar-refractivity contribution is -0.133. The van der Waals surface area contributed by atoms with E-state index >= 15 is 0 Å². The van der Waals surface area contributed by atoms with E-state index in [1.165, 1.54) is 11.3 Å². The number of hydrogen-bond acceptors (Lipinski definition) is 4. The summed E-state index contributed by atoms with van der Waals surface area (Å²) >= 11 is 7.76. The topological polar surface area (TPSA) is 42.4 Å². The average Bonchev–Trinajstić information content (AvgIpc) is 3.07. The van der Waals surface area contributed by atoms with Crippen molar-refractivity contribution in [2.24, 2.45) is 0 Å². The number of ether oxygens (including phenoxy) is 1. The molecule has 6 heteroatoms. The van der Waals surface area contributed by atoms with Gasteiger partial charge < -0.3 is 9.64 Å². The van der Waals surface area contributed by atoms with Crippen molar-refractivity contribution in [1.82, 2.24) is 9.88 Å². The Kier molecular flexibility index (Phi) is 7.88. The molecule has 2 rings (SSSR count). The van der Waals surface area contributed by atoms with Gasteiger partial charge in [0.2, 0.25) is 5.91 Å². The van der Waals surface area contributed by atoms with Crippen molar-refractivity contribution in [3.8, 4) is 10.6 Å². The maximum Gasteiger partial charge on any atom is 0.228 e. The van der Waals surface area contributed by atoms with Crippen LogP contribution in [-0.4, -0.2) is 42.1 Å². The molecule has 2 aromatic rings. The second-order valence-electron chi connectivity index (χ2n) is 5.85. The van der Waals surface area contributed by atoms with Gasteiger partial charge in [-0.25, -0.2) is 4.98 Å². The van der Waals surface area contributed by atoms with Crippen LogP contribution in [0.15, 0.2) is 29.6 Å².